The van der Waals surface area contributed by atoms with Crippen molar-refractivity contribution in [3.8, 4) is 0 Å². The van der Waals surface area contributed by atoms with E-state index < -0.39 is 11.8 Å². The summed E-state index contributed by atoms with van der Waals surface area (Å²) in [7, 11) is 1.47. The van der Waals surface area contributed by atoms with E-state index in [-0.39, 0.29) is 17.3 Å². The first kappa shape index (κ1) is 20.8. The highest BCUT2D eigenvalue weighted by Crippen LogP contribution is 2.20. The zero-order chi connectivity index (χ0) is 21.8. The number of rotatable bonds is 5. The topological polar surface area (TPSA) is 116 Å². The molecule has 2 aromatic carbocycles. The number of nitrogens with one attached hydrogen (secondary N) is 4. The van der Waals surface area contributed by atoms with Crippen molar-refractivity contribution in [2.45, 2.75) is 20.8 Å². The van der Waals surface area contributed by atoms with Gasteiger partial charge < -0.3 is 20.9 Å². The molecule has 0 aliphatic carbocycles. The molecule has 0 bridgehead atoms. The molecule has 0 unspecified atom stereocenters. The minimum atomic E-state index is -0.516. The lowest BCUT2D eigenvalue weighted by atomic mass is 9.99. The van der Waals surface area contributed by atoms with E-state index in [4.69, 9.17) is 0 Å². The monoisotopic (exact) mass is 405 g/mol. The van der Waals surface area contributed by atoms with Gasteiger partial charge in [0, 0.05) is 24.0 Å². The van der Waals surface area contributed by atoms with Crippen molar-refractivity contribution in [1.29, 1.82) is 0 Å². The molecular weight excluding hydrogens is 382 g/mol. The summed E-state index contributed by atoms with van der Waals surface area (Å²) in [5.74, 6) is -1.14. The molecule has 1 aromatic heterocycles. The Bertz CT molecular complexity index is 1090. The first-order valence-corrected chi connectivity index (χ1v) is 9.36. The van der Waals surface area contributed by atoms with Gasteiger partial charge in [-0.2, -0.15) is 0 Å². The molecule has 8 nitrogen and oxygen atoms in total. The second-order valence-corrected chi connectivity index (χ2v) is 6.96. The smallest absolute Gasteiger partial charge is 0.276 e. The van der Waals surface area contributed by atoms with Gasteiger partial charge in [0.05, 0.1) is 6.33 Å². The molecule has 30 heavy (non-hydrogen) atoms. The predicted molar refractivity (Wildman–Crippen MR) is 115 cm³/mol. The van der Waals surface area contributed by atoms with Crippen LogP contribution in [-0.2, 0) is 0 Å². The van der Waals surface area contributed by atoms with Crippen LogP contribution >= 0.6 is 0 Å². The van der Waals surface area contributed by atoms with Crippen molar-refractivity contribution >= 4 is 29.1 Å². The quantitative estimate of drug-likeness (QED) is 0.522. The van der Waals surface area contributed by atoms with E-state index in [1.807, 2.05) is 32.9 Å². The van der Waals surface area contributed by atoms with Crippen molar-refractivity contribution in [1.82, 2.24) is 15.3 Å². The second kappa shape index (κ2) is 8.60. The van der Waals surface area contributed by atoms with Crippen LogP contribution in [0.1, 0.15) is 48.0 Å². The maximum absolute atomic E-state index is 12.7. The largest absolute Gasteiger partial charge is 0.354 e. The number of nitrogens with zero attached hydrogens (tertiary/aromatic N) is 1. The molecule has 4 N–H and O–H groups in total. The average Bonchev–Trinajstić information content (AvgIpc) is 3.18. The number of anilines is 2. The van der Waals surface area contributed by atoms with Crippen LogP contribution < -0.4 is 16.0 Å². The molecule has 0 atom stereocenters. The van der Waals surface area contributed by atoms with Crippen LogP contribution in [-0.4, -0.2) is 34.7 Å². The minimum absolute atomic E-state index is 0.00273. The van der Waals surface area contributed by atoms with Gasteiger partial charge in [-0.05, 0) is 56.2 Å². The normalized spacial score (nSPS) is 10.4. The Hall–Kier alpha value is -3.94. The fourth-order valence-corrected chi connectivity index (χ4v) is 3.32. The summed E-state index contributed by atoms with van der Waals surface area (Å²) in [5.41, 5.74) is 4.78. The van der Waals surface area contributed by atoms with Gasteiger partial charge in [-0.25, -0.2) is 4.98 Å². The average molecular weight is 405 g/mol. The molecule has 0 saturated carbocycles. The van der Waals surface area contributed by atoms with Crippen LogP contribution in [0, 0.1) is 20.8 Å². The molecular formula is C22H23N5O3. The highest BCUT2D eigenvalue weighted by molar-refractivity contribution is 6.10. The zero-order valence-corrected chi connectivity index (χ0v) is 17.2. The van der Waals surface area contributed by atoms with Gasteiger partial charge in [0.15, 0.2) is 5.69 Å². The van der Waals surface area contributed by atoms with Gasteiger partial charge in [0.2, 0.25) is 0 Å². The van der Waals surface area contributed by atoms with E-state index in [1.165, 1.54) is 13.4 Å². The van der Waals surface area contributed by atoms with Gasteiger partial charge in [0.1, 0.15) is 5.69 Å². The van der Waals surface area contributed by atoms with E-state index in [1.54, 1.807) is 24.3 Å². The van der Waals surface area contributed by atoms with E-state index in [0.717, 1.165) is 16.7 Å². The Labute approximate surface area is 174 Å². The van der Waals surface area contributed by atoms with E-state index in [2.05, 4.69) is 25.9 Å². The molecule has 0 aliphatic rings. The molecule has 0 saturated heterocycles. The number of hydrogen-bond donors (Lipinski definition) is 4. The molecule has 154 valence electrons. The lowest BCUT2D eigenvalue weighted by Crippen LogP contribution is -2.23. The number of aryl methyl sites for hydroxylation is 3. The van der Waals surface area contributed by atoms with Gasteiger partial charge >= 0.3 is 0 Å². The molecule has 3 rings (SSSR count). The van der Waals surface area contributed by atoms with Gasteiger partial charge in [-0.15, -0.1) is 0 Å². The number of imidazole rings is 1. The second-order valence-electron chi connectivity index (χ2n) is 6.96. The lowest BCUT2D eigenvalue weighted by molar-refractivity contribution is 0.0943. The maximum atomic E-state index is 12.7. The van der Waals surface area contributed by atoms with Crippen LogP contribution in [0.4, 0.5) is 11.4 Å². The van der Waals surface area contributed by atoms with E-state index in [9.17, 15) is 14.4 Å². The highest BCUT2D eigenvalue weighted by Gasteiger charge is 2.19. The van der Waals surface area contributed by atoms with Crippen LogP contribution in [0.25, 0.3) is 0 Å². The summed E-state index contributed by atoms with van der Waals surface area (Å²) < 4.78 is 0. The Balaban J connectivity index is 1.70. The molecule has 0 fully saturated rings. The van der Waals surface area contributed by atoms with Crippen molar-refractivity contribution < 1.29 is 14.4 Å². The van der Waals surface area contributed by atoms with Crippen LogP contribution in [0.2, 0.25) is 0 Å². The van der Waals surface area contributed by atoms with Crippen molar-refractivity contribution in [2.24, 2.45) is 0 Å². The SMILES string of the molecule is CNC(=O)c1[nH]cnc1C(=O)Nc1ccc(NC(=O)c2c(C)cc(C)cc2C)cc1. The van der Waals surface area contributed by atoms with Crippen LogP contribution in [0.15, 0.2) is 42.7 Å². The number of H-pyrrole nitrogens is 1. The lowest BCUT2D eigenvalue weighted by Gasteiger charge is -2.12. The third-order valence-corrected chi connectivity index (χ3v) is 4.61. The zero-order valence-electron chi connectivity index (χ0n) is 17.2. The molecule has 8 heteroatoms. The van der Waals surface area contributed by atoms with Gasteiger partial charge in [0.25, 0.3) is 17.7 Å². The molecule has 0 spiro atoms. The van der Waals surface area contributed by atoms with Gasteiger partial charge in [-0.3, -0.25) is 14.4 Å². The summed E-state index contributed by atoms with van der Waals surface area (Å²) in [4.78, 5) is 43.4. The van der Waals surface area contributed by atoms with Gasteiger partial charge in [-0.1, -0.05) is 17.7 Å². The minimum Gasteiger partial charge on any atom is -0.354 e. The number of benzene rings is 2. The Morgan fingerprint density at radius 3 is 1.90 bits per heavy atom. The maximum Gasteiger partial charge on any atom is 0.276 e. The third-order valence-electron chi connectivity index (χ3n) is 4.61. The number of aromatic amines is 1. The Morgan fingerprint density at radius 2 is 1.37 bits per heavy atom. The highest BCUT2D eigenvalue weighted by atomic mass is 16.2. The fraction of sp³-hybridized carbons (Fsp3) is 0.182. The van der Waals surface area contributed by atoms with E-state index in [0.29, 0.717) is 16.9 Å². The summed E-state index contributed by atoms with van der Waals surface area (Å²) >= 11 is 0. The summed E-state index contributed by atoms with van der Waals surface area (Å²) in [6, 6.07) is 10.7. The van der Waals surface area contributed by atoms with Crippen LogP contribution in [0.3, 0.4) is 0 Å². The fourth-order valence-electron chi connectivity index (χ4n) is 3.32. The summed E-state index contributed by atoms with van der Waals surface area (Å²) in [6.07, 6.45) is 1.28. The third kappa shape index (κ3) is 4.38. The summed E-state index contributed by atoms with van der Waals surface area (Å²) in [5, 5.41) is 8.01. The number of amides is 3. The first-order valence-electron chi connectivity index (χ1n) is 9.36. The number of carbonyl (C=O) groups excluding carboxylic acids is 3. The molecule has 1 heterocycles. The van der Waals surface area contributed by atoms with Crippen molar-refractivity contribution in [2.75, 3.05) is 17.7 Å². The predicted octanol–water partition coefficient (Wildman–Crippen LogP) is 3.20. The summed E-state index contributed by atoms with van der Waals surface area (Å²) in [6.45, 7) is 5.82. The molecule has 3 amide bonds. The Kier molecular flexibility index (Phi) is 5.96. The van der Waals surface area contributed by atoms with Crippen molar-refractivity contribution in [3.05, 3.63) is 76.4 Å². The van der Waals surface area contributed by atoms with Crippen LogP contribution in [0.5, 0.6) is 0 Å². The number of aromatic nitrogens is 2. The van der Waals surface area contributed by atoms with E-state index >= 15 is 0 Å². The molecule has 0 radical (unpaired) electrons. The van der Waals surface area contributed by atoms with Crippen molar-refractivity contribution in [3.63, 3.8) is 0 Å². The number of hydrogen-bond acceptors (Lipinski definition) is 4. The Morgan fingerprint density at radius 1 is 0.833 bits per heavy atom. The number of carbonyl (C=O) groups is 3. The standard InChI is InChI=1S/C22H23N5O3/c1-12-9-13(2)17(14(3)10-12)20(28)26-15-5-7-16(8-6-15)27-22(30)19-18(21(29)23-4)24-11-25-19/h5-11H,1-4H3,(H,23,29)(H,24,25)(H,26,28)(H,27,30). The molecule has 0 aliphatic heterocycles. The first-order chi connectivity index (χ1) is 14.3. The molecule has 3 aromatic rings.